The summed E-state index contributed by atoms with van der Waals surface area (Å²) in [6.07, 6.45) is 2.73. The minimum absolute atomic E-state index is 0.0459. The van der Waals surface area contributed by atoms with Gasteiger partial charge in [-0.3, -0.25) is 4.79 Å². The van der Waals surface area contributed by atoms with E-state index in [2.05, 4.69) is 22.0 Å². The van der Waals surface area contributed by atoms with Crippen molar-refractivity contribution in [2.24, 2.45) is 5.73 Å². The average molecular weight is 332 g/mol. The van der Waals surface area contributed by atoms with E-state index in [1.54, 1.807) is 0 Å². The molecule has 0 saturated carbocycles. The first-order valence-corrected chi connectivity index (χ1v) is 9.21. The SMILES string of the molecule is CCN1CCN(CCCCNC(=O)C(N)Cc2ccccc2)CC1. The molecule has 1 fully saturated rings. The maximum atomic E-state index is 12.0. The van der Waals surface area contributed by atoms with Crippen LogP contribution in [-0.4, -0.2) is 67.6 Å². The molecular weight excluding hydrogens is 300 g/mol. The number of carbonyl (C=O) groups is 1. The fourth-order valence-corrected chi connectivity index (χ4v) is 3.09. The Morgan fingerprint density at radius 3 is 2.46 bits per heavy atom. The molecule has 0 radical (unpaired) electrons. The highest BCUT2D eigenvalue weighted by Gasteiger charge is 2.15. The van der Waals surface area contributed by atoms with Crippen molar-refractivity contribution >= 4 is 5.91 Å². The molecule has 1 unspecified atom stereocenters. The highest BCUT2D eigenvalue weighted by Crippen LogP contribution is 2.04. The van der Waals surface area contributed by atoms with E-state index in [1.807, 2.05) is 30.3 Å². The molecule has 134 valence electrons. The van der Waals surface area contributed by atoms with Gasteiger partial charge in [-0.2, -0.15) is 0 Å². The third-order valence-corrected chi connectivity index (χ3v) is 4.75. The van der Waals surface area contributed by atoms with Crippen LogP contribution >= 0.6 is 0 Å². The molecule has 0 spiro atoms. The molecule has 0 aromatic heterocycles. The summed E-state index contributed by atoms with van der Waals surface area (Å²) in [6.45, 7) is 9.93. The first-order chi connectivity index (χ1) is 11.7. The fraction of sp³-hybridized carbons (Fsp3) is 0.632. The molecular formula is C19H32N4O. The summed E-state index contributed by atoms with van der Waals surface area (Å²) in [4.78, 5) is 17.0. The van der Waals surface area contributed by atoms with E-state index in [4.69, 9.17) is 5.73 Å². The van der Waals surface area contributed by atoms with Gasteiger partial charge in [0.15, 0.2) is 0 Å². The summed E-state index contributed by atoms with van der Waals surface area (Å²) in [5, 5.41) is 2.97. The predicted octanol–water partition coefficient (Wildman–Crippen LogP) is 1.09. The molecule has 5 nitrogen and oxygen atoms in total. The number of carbonyl (C=O) groups excluding carboxylic acids is 1. The summed E-state index contributed by atoms with van der Waals surface area (Å²) in [6, 6.07) is 9.46. The Labute approximate surface area is 146 Å². The first kappa shape index (κ1) is 18.9. The van der Waals surface area contributed by atoms with E-state index in [-0.39, 0.29) is 5.91 Å². The molecule has 1 aliphatic rings. The van der Waals surface area contributed by atoms with Crippen LogP contribution in [0.15, 0.2) is 30.3 Å². The third kappa shape index (κ3) is 6.59. The summed E-state index contributed by atoms with van der Waals surface area (Å²) in [5.41, 5.74) is 7.09. The van der Waals surface area contributed by atoms with Gasteiger partial charge in [-0.05, 0) is 37.9 Å². The Morgan fingerprint density at radius 1 is 1.12 bits per heavy atom. The van der Waals surface area contributed by atoms with Gasteiger partial charge in [0.25, 0.3) is 0 Å². The van der Waals surface area contributed by atoms with Crippen LogP contribution in [0.1, 0.15) is 25.3 Å². The predicted molar refractivity (Wildman–Crippen MR) is 98.9 cm³/mol. The zero-order valence-corrected chi connectivity index (χ0v) is 14.9. The number of benzene rings is 1. The lowest BCUT2D eigenvalue weighted by Gasteiger charge is -2.33. The molecule has 1 aliphatic heterocycles. The number of nitrogens with two attached hydrogens (primary N) is 1. The summed E-state index contributed by atoms with van der Waals surface area (Å²) >= 11 is 0. The standard InChI is InChI=1S/C19H32N4O/c1-2-22-12-14-23(15-13-22)11-7-6-10-21-19(24)18(20)16-17-8-4-3-5-9-17/h3-5,8-9,18H,2,6-7,10-16,20H2,1H3,(H,21,24). The van der Waals surface area contributed by atoms with Gasteiger partial charge >= 0.3 is 0 Å². The molecule has 2 rings (SSSR count). The number of rotatable bonds is 9. The number of likely N-dealkylation sites (N-methyl/N-ethyl adjacent to an activating group) is 1. The Hall–Kier alpha value is -1.43. The second-order valence-corrected chi connectivity index (χ2v) is 6.57. The van der Waals surface area contributed by atoms with Crippen molar-refractivity contribution in [1.82, 2.24) is 15.1 Å². The van der Waals surface area contributed by atoms with E-state index >= 15 is 0 Å². The molecule has 5 heteroatoms. The number of amides is 1. The van der Waals surface area contributed by atoms with Crippen LogP contribution in [-0.2, 0) is 11.2 Å². The highest BCUT2D eigenvalue weighted by atomic mass is 16.2. The average Bonchev–Trinajstić information content (AvgIpc) is 2.62. The van der Waals surface area contributed by atoms with Crippen LogP contribution in [0.5, 0.6) is 0 Å². The summed E-state index contributed by atoms with van der Waals surface area (Å²) in [5.74, 6) is -0.0459. The van der Waals surface area contributed by atoms with Gasteiger partial charge in [-0.15, -0.1) is 0 Å². The van der Waals surface area contributed by atoms with Gasteiger partial charge in [0.05, 0.1) is 6.04 Å². The molecule has 1 aromatic rings. The largest absolute Gasteiger partial charge is 0.355 e. The monoisotopic (exact) mass is 332 g/mol. The lowest BCUT2D eigenvalue weighted by Crippen LogP contribution is -2.46. The lowest BCUT2D eigenvalue weighted by atomic mass is 10.1. The van der Waals surface area contributed by atoms with E-state index in [0.29, 0.717) is 6.42 Å². The van der Waals surface area contributed by atoms with Gasteiger partial charge in [0.2, 0.25) is 5.91 Å². The van der Waals surface area contributed by atoms with Crippen molar-refractivity contribution in [1.29, 1.82) is 0 Å². The van der Waals surface area contributed by atoms with Crippen molar-refractivity contribution in [3.8, 4) is 0 Å². The van der Waals surface area contributed by atoms with Crippen molar-refractivity contribution in [3.05, 3.63) is 35.9 Å². The Bertz CT molecular complexity index is 472. The molecule has 3 N–H and O–H groups in total. The van der Waals surface area contributed by atoms with E-state index in [0.717, 1.165) is 38.0 Å². The van der Waals surface area contributed by atoms with Crippen molar-refractivity contribution in [3.63, 3.8) is 0 Å². The molecule has 1 saturated heterocycles. The van der Waals surface area contributed by atoms with E-state index in [9.17, 15) is 4.79 Å². The minimum atomic E-state index is -0.463. The lowest BCUT2D eigenvalue weighted by molar-refractivity contribution is -0.122. The number of hydrogen-bond donors (Lipinski definition) is 2. The Balaban J connectivity index is 1.53. The van der Waals surface area contributed by atoms with Crippen LogP contribution in [0.2, 0.25) is 0 Å². The highest BCUT2D eigenvalue weighted by molar-refractivity contribution is 5.81. The summed E-state index contributed by atoms with van der Waals surface area (Å²) in [7, 11) is 0. The Morgan fingerprint density at radius 2 is 1.79 bits per heavy atom. The van der Waals surface area contributed by atoms with Gasteiger partial charge in [0, 0.05) is 32.7 Å². The van der Waals surface area contributed by atoms with Crippen LogP contribution < -0.4 is 11.1 Å². The van der Waals surface area contributed by atoms with Crippen molar-refractivity contribution in [2.45, 2.75) is 32.2 Å². The topological polar surface area (TPSA) is 61.6 Å². The number of piperazine rings is 1. The maximum Gasteiger partial charge on any atom is 0.237 e. The van der Waals surface area contributed by atoms with Crippen molar-refractivity contribution in [2.75, 3.05) is 45.8 Å². The number of nitrogens with zero attached hydrogens (tertiary/aromatic N) is 2. The van der Waals surface area contributed by atoms with E-state index < -0.39 is 6.04 Å². The minimum Gasteiger partial charge on any atom is -0.355 e. The molecule has 24 heavy (non-hydrogen) atoms. The molecule has 1 amide bonds. The van der Waals surface area contributed by atoms with Gasteiger partial charge in [-0.25, -0.2) is 0 Å². The van der Waals surface area contributed by atoms with Gasteiger partial charge in [0.1, 0.15) is 0 Å². The zero-order chi connectivity index (χ0) is 17.2. The number of hydrogen-bond acceptors (Lipinski definition) is 4. The normalized spacial score (nSPS) is 17.6. The third-order valence-electron chi connectivity index (χ3n) is 4.75. The molecule has 0 aliphatic carbocycles. The van der Waals surface area contributed by atoms with Crippen LogP contribution in [0.25, 0.3) is 0 Å². The maximum absolute atomic E-state index is 12.0. The molecule has 0 bridgehead atoms. The van der Waals surface area contributed by atoms with Gasteiger partial charge in [-0.1, -0.05) is 37.3 Å². The zero-order valence-electron chi connectivity index (χ0n) is 14.9. The van der Waals surface area contributed by atoms with Crippen LogP contribution in [0, 0.1) is 0 Å². The molecule has 1 atom stereocenters. The number of nitrogens with one attached hydrogen (secondary N) is 1. The fourth-order valence-electron chi connectivity index (χ4n) is 3.09. The summed E-state index contributed by atoms with van der Waals surface area (Å²) < 4.78 is 0. The van der Waals surface area contributed by atoms with Gasteiger partial charge < -0.3 is 20.9 Å². The Kier molecular flexibility index (Phi) is 8.22. The smallest absolute Gasteiger partial charge is 0.237 e. The van der Waals surface area contributed by atoms with Crippen LogP contribution in [0.3, 0.4) is 0 Å². The second-order valence-electron chi connectivity index (χ2n) is 6.57. The molecule has 1 heterocycles. The van der Waals surface area contributed by atoms with E-state index in [1.165, 1.54) is 26.2 Å². The molecule has 1 aromatic carbocycles. The second kappa shape index (κ2) is 10.4. The van der Waals surface area contributed by atoms with Crippen LogP contribution in [0.4, 0.5) is 0 Å². The quantitative estimate of drug-likeness (QED) is 0.665. The van der Waals surface area contributed by atoms with Crippen molar-refractivity contribution < 1.29 is 4.79 Å². The number of unbranched alkanes of at least 4 members (excludes halogenated alkanes) is 1. The first-order valence-electron chi connectivity index (χ1n) is 9.21.